The fraction of sp³-hybridized carbons (Fsp3) is 0.500. The van der Waals surface area contributed by atoms with Crippen molar-refractivity contribution in [1.82, 2.24) is 9.29 Å². The van der Waals surface area contributed by atoms with Gasteiger partial charge >= 0.3 is 0 Å². The van der Waals surface area contributed by atoms with Crippen LogP contribution < -0.4 is 0 Å². The number of hydrogen-bond acceptors (Lipinski definition) is 5. The van der Waals surface area contributed by atoms with E-state index in [-0.39, 0.29) is 5.25 Å². The van der Waals surface area contributed by atoms with Gasteiger partial charge in [-0.3, -0.25) is 0 Å². The van der Waals surface area contributed by atoms with Gasteiger partial charge in [-0.2, -0.15) is 0 Å². The van der Waals surface area contributed by atoms with E-state index in [1.54, 1.807) is 16.1 Å². The van der Waals surface area contributed by atoms with Crippen molar-refractivity contribution >= 4 is 32.9 Å². The summed E-state index contributed by atoms with van der Waals surface area (Å²) in [6, 6.07) is 7.69. The van der Waals surface area contributed by atoms with Crippen molar-refractivity contribution in [2.75, 3.05) is 24.6 Å². The van der Waals surface area contributed by atoms with E-state index in [1.807, 2.05) is 31.2 Å². The van der Waals surface area contributed by atoms with Crippen molar-refractivity contribution in [2.45, 2.75) is 18.6 Å². The molecule has 21 heavy (non-hydrogen) atoms. The maximum absolute atomic E-state index is 11.7. The first kappa shape index (κ1) is 14.9. The maximum atomic E-state index is 11.7. The Balaban J connectivity index is 1.58. The van der Waals surface area contributed by atoms with Gasteiger partial charge in [0, 0.05) is 18.8 Å². The lowest BCUT2D eigenvalue weighted by atomic mass is 10.3. The maximum Gasteiger partial charge on any atom is 0.214 e. The molecule has 2 aromatic rings. The highest BCUT2D eigenvalue weighted by Gasteiger charge is 2.27. The van der Waals surface area contributed by atoms with Crippen LogP contribution in [-0.4, -0.2) is 42.3 Å². The van der Waals surface area contributed by atoms with E-state index in [0.29, 0.717) is 24.7 Å². The molecule has 0 amide bonds. The van der Waals surface area contributed by atoms with Crippen LogP contribution in [0.3, 0.4) is 0 Å². The third-order valence-electron chi connectivity index (χ3n) is 3.57. The molecule has 1 saturated heterocycles. The van der Waals surface area contributed by atoms with Crippen LogP contribution in [0, 0.1) is 0 Å². The molecule has 1 aromatic heterocycles. The lowest BCUT2D eigenvalue weighted by molar-refractivity contribution is 0.465. The number of sulfonamides is 1. The second-order valence-corrected chi connectivity index (χ2v) is 8.64. The van der Waals surface area contributed by atoms with E-state index >= 15 is 0 Å². The molecule has 0 unspecified atom stereocenters. The average Bonchev–Trinajstić information content (AvgIpc) is 3.02. The van der Waals surface area contributed by atoms with Crippen molar-refractivity contribution in [3.8, 4) is 0 Å². The Hall–Kier alpha value is -1.05. The topological polar surface area (TPSA) is 63.4 Å². The van der Waals surface area contributed by atoms with Crippen LogP contribution in [0.1, 0.15) is 24.5 Å². The molecule has 3 rings (SSSR count). The number of benzene rings is 1. The van der Waals surface area contributed by atoms with E-state index in [2.05, 4.69) is 4.98 Å². The summed E-state index contributed by atoms with van der Waals surface area (Å²) in [7, 11) is -2.99. The van der Waals surface area contributed by atoms with Gasteiger partial charge in [-0.15, -0.1) is 11.8 Å². The van der Waals surface area contributed by atoms with Crippen LogP contribution in [-0.2, 0) is 10.0 Å². The summed E-state index contributed by atoms with van der Waals surface area (Å²) in [5.41, 5.74) is 1.66. The molecule has 0 spiro atoms. The zero-order valence-electron chi connectivity index (χ0n) is 11.9. The summed E-state index contributed by atoms with van der Waals surface area (Å²) in [6.45, 7) is 3.26. The van der Waals surface area contributed by atoms with E-state index in [1.165, 1.54) is 0 Å². The molecule has 1 fully saturated rings. The highest BCUT2D eigenvalue weighted by Crippen LogP contribution is 2.30. The Morgan fingerprint density at radius 2 is 2.24 bits per heavy atom. The molecule has 0 radical (unpaired) electrons. The summed E-state index contributed by atoms with van der Waals surface area (Å²) >= 11 is 1.67. The van der Waals surface area contributed by atoms with E-state index < -0.39 is 10.0 Å². The van der Waals surface area contributed by atoms with Gasteiger partial charge in [-0.05, 0) is 25.5 Å². The van der Waals surface area contributed by atoms with Crippen molar-refractivity contribution in [3.63, 3.8) is 0 Å². The molecule has 0 aliphatic carbocycles. The second kappa shape index (κ2) is 5.98. The third-order valence-corrected chi connectivity index (χ3v) is 6.65. The van der Waals surface area contributed by atoms with Gasteiger partial charge in [-0.1, -0.05) is 12.1 Å². The first-order valence-electron chi connectivity index (χ1n) is 7.01. The minimum Gasteiger partial charge on any atom is -0.439 e. The predicted molar refractivity (Wildman–Crippen MR) is 84.9 cm³/mol. The lowest BCUT2D eigenvalue weighted by Gasteiger charge is -2.14. The zero-order chi connectivity index (χ0) is 14.9. The van der Waals surface area contributed by atoms with Gasteiger partial charge in [0.15, 0.2) is 5.58 Å². The van der Waals surface area contributed by atoms with Gasteiger partial charge in [0.2, 0.25) is 15.9 Å². The molecule has 7 heteroatoms. The quantitative estimate of drug-likeness (QED) is 0.845. The summed E-state index contributed by atoms with van der Waals surface area (Å²) in [4.78, 5) is 4.47. The standard InChI is InChI=1S/C14H18N2O3S2/c1-11(14-15-12-5-2-3-6-13(12)19-14)20-9-8-16-7-4-10-21(16,17)18/h2-3,5-6,11H,4,7-10H2,1H3/t11-/m0/s1. The number of rotatable bonds is 5. The fourth-order valence-corrected chi connectivity index (χ4v) is 4.98. The highest BCUT2D eigenvalue weighted by atomic mass is 32.2. The molecular formula is C14H18N2O3S2. The van der Waals surface area contributed by atoms with Crippen molar-refractivity contribution in [1.29, 1.82) is 0 Å². The number of thioether (sulfide) groups is 1. The van der Waals surface area contributed by atoms with E-state index in [4.69, 9.17) is 4.42 Å². The molecule has 0 bridgehead atoms. The number of para-hydroxylation sites is 2. The van der Waals surface area contributed by atoms with Crippen LogP contribution in [0.15, 0.2) is 28.7 Å². The van der Waals surface area contributed by atoms with Gasteiger partial charge in [0.1, 0.15) is 5.52 Å². The van der Waals surface area contributed by atoms with E-state index in [9.17, 15) is 8.42 Å². The van der Waals surface area contributed by atoms with Gasteiger partial charge < -0.3 is 4.42 Å². The Morgan fingerprint density at radius 3 is 2.95 bits per heavy atom. The molecule has 1 aliphatic rings. The first-order chi connectivity index (χ1) is 10.1. The predicted octanol–water partition coefficient (Wildman–Crippen LogP) is 2.66. The molecule has 0 N–H and O–H groups in total. The Kier molecular flexibility index (Phi) is 4.24. The Labute approximate surface area is 128 Å². The van der Waals surface area contributed by atoms with Crippen molar-refractivity contribution in [2.24, 2.45) is 0 Å². The molecule has 0 saturated carbocycles. The van der Waals surface area contributed by atoms with E-state index in [0.717, 1.165) is 23.3 Å². The third kappa shape index (κ3) is 3.25. The number of oxazole rings is 1. The Morgan fingerprint density at radius 1 is 1.43 bits per heavy atom. The average molecular weight is 326 g/mol. The van der Waals surface area contributed by atoms with Gasteiger partial charge in [0.25, 0.3) is 0 Å². The van der Waals surface area contributed by atoms with Crippen LogP contribution in [0.5, 0.6) is 0 Å². The summed E-state index contributed by atoms with van der Waals surface area (Å²) < 4.78 is 30.7. The summed E-state index contributed by atoms with van der Waals surface area (Å²) in [5.74, 6) is 1.74. The zero-order valence-corrected chi connectivity index (χ0v) is 13.5. The molecule has 1 aliphatic heterocycles. The molecule has 1 aromatic carbocycles. The van der Waals surface area contributed by atoms with Gasteiger partial charge in [-0.25, -0.2) is 17.7 Å². The highest BCUT2D eigenvalue weighted by molar-refractivity contribution is 7.99. The monoisotopic (exact) mass is 326 g/mol. The fourth-order valence-electron chi connectivity index (χ4n) is 2.41. The molecule has 2 heterocycles. The smallest absolute Gasteiger partial charge is 0.214 e. The summed E-state index contributed by atoms with van der Waals surface area (Å²) in [5, 5.41) is 0.114. The van der Waals surface area contributed by atoms with Crippen LogP contribution in [0.2, 0.25) is 0 Å². The molecule has 114 valence electrons. The number of aromatic nitrogens is 1. The minimum atomic E-state index is -2.99. The van der Waals surface area contributed by atoms with Crippen molar-refractivity contribution in [3.05, 3.63) is 30.2 Å². The number of nitrogens with zero attached hydrogens (tertiary/aromatic N) is 2. The lowest BCUT2D eigenvalue weighted by Crippen LogP contribution is -2.28. The second-order valence-electron chi connectivity index (χ2n) is 5.10. The number of fused-ring (bicyclic) bond motifs is 1. The van der Waals surface area contributed by atoms with Crippen molar-refractivity contribution < 1.29 is 12.8 Å². The first-order valence-corrected chi connectivity index (χ1v) is 9.67. The van der Waals surface area contributed by atoms with Crippen LogP contribution in [0.25, 0.3) is 11.1 Å². The van der Waals surface area contributed by atoms with Crippen LogP contribution in [0.4, 0.5) is 0 Å². The molecular weight excluding hydrogens is 308 g/mol. The normalized spacial score (nSPS) is 20.0. The van der Waals surface area contributed by atoms with Crippen LogP contribution >= 0.6 is 11.8 Å². The summed E-state index contributed by atoms with van der Waals surface area (Å²) in [6.07, 6.45) is 0.744. The Bertz CT molecular complexity index is 694. The number of hydrogen-bond donors (Lipinski definition) is 0. The minimum absolute atomic E-state index is 0.114. The molecule has 5 nitrogen and oxygen atoms in total. The SMILES string of the molecule is C[C@H](SCCN1CCCS1(=O)=O)c1nc2ccccc2o1. The van der Waals surface area contributed by atoms with Gasteiger partial charge in [0.05, 0.1) is 11.0 Å². The largest absolute Gasteiger partial charge is 0.439 e. The molecule has 1 atom stereocenters.